The Morgan fingerprint density at radius 3 is 2.65 bits per heavy atom. The molecule has 2 aromatic heterocycles. The van der Waals surface area contributed by atoms with Crippen LogP contribution in [0.25, 0.3) is 22.0 Å². The molecule has 3 N–H and O–H groups in total. The molecule has 4 aromatic rings. The Morgan fingerprint density at radius 2 is 1.87 bits per heavy atom. The molecule has 0 atom stereocenters. The van der Waals surface area contributed by atoms with Crippen LogP contribution in [0.2, 0.25) is 0 Å². The molecule has 31 heavy (non-hydrogen) atoms. The highest BCUT2D eigenvalue weighted by atomic mass is 16.5. The number of amides is 1. The van der Waals surface area contributed by atoms with E-state index in [2.05, 4.69) is 20.3 Å². The van der Waals surface area contributed by atoms with Gasteiger partial charge >= 0.3 is 0 Å². The maximum Gasteiger partial charge on any atom is 0.228 e. The summed E-state index contributed by atoms with van der Waals surface area (Å²) in [5.41, 5.74) is 8.74. The van der Waals surface area contributed by atoms with Gasteiger partial charge in [-0.25, -0.2) is 15.0 Å². The zero-order valence-electron chi connectivity index (χ0n) is 17.4. The van der Waals surface area contributed by atoms with Crippen LogP contribution >= 0.6 is 0 Å². The molecule has 7 heteroatoms. The van der Waals surface area contributed by atoms with Crippen molar-refractivity contribution >= 4 is 28.3 Å². The van der Waals surface area contributed by atoms with Gasteiger partial charge < -0.3 is 15.8 Å². The summed E-state index contributed by atoms with van der Waals surface area (Å²) in [4.78, 5) is 24.9. The lowest BCUT2D eigenvalue weighted by Gasteiger charge is -2.17. The molecule has 4 rings (SSSR count). The van der Waals surface area contributed by atoms with Gasteiger partial charge in [-0.05, 0) is 43.2 Å². The Bertz CT molecular complexity index is 1260. The third-order valence-corrected chi connectivity index (χ3v) is 4.85. The SMILES string of the molecule is CCCC(=O)Nc1cc(C)c(Oc2ncccc2-c2ccnc(N)n2)c2ccccc12. The molecule has 7 nitrogen and oxygen atoms in total. The van der Waals surface area contributed by atoms with E-state index in [1.807, 2.05) is 56.3 Å². The van der Waals surface area contributed by atoms with Crippen LogP contribution in [0.4, 0.5) is 11.6 Å². The van der Waals surface area contributed by atoms with Gasteiger partial charge in [0.2, 0.25) is 17.7 Å². The third kappa shape index (κ3) is 4.30. The lowest BCUT2D eigenvalue weighted by atomic mass is 10.0. The molecule has 0 fully saturated rings. The van der Waals surface area contributed by atoms with Gasteiger partial charge in [-0.2, -0.15) is 0 Å². The van der Waals surface area contributed by atoms with Crippen molar-refractivity contribution in [3.63, 3.8) is 0 Å². The van der Waals surface area contributed by atoms with Crippen molar-refractivity contribution in [2.45, 2.75) is 26.7 Å². The zero-order valence-corrected chi connectivity index (χ0v) is 17.4. The summed E-state index contributed by atoms with van der Waals surface area (Å²) in [5.74, 6) is 1.26. The number of aromatic nitrogens is 3. The molecule has 2 heterocycles. The van der Waals surface area contributed by atoms with Gasteiger partial charge in [-0.1, -0.05) is 31.2 Å². The Morgan fingerprint density at radius 1 is 1.06 bits per heavy atom. The highest BCUT2D eigenvalue weighted by Gasteiger charge is 2.16. The minimum atomic E-state index is -0.00548. The molecule has 0 radical (unpaired) electrons. The van der Waals surface area contributed by atoms with Gasteiger partial charge in [0.1, 0.15) is 5.75 Å². The van der Waals surface area contributed by atoms with Crippen molar-refractivity contribution < 1.29 is 9.53 Å². The normalized spacial score (nSPS) is 10.8. The summed E-state index contributed by atoms with van der Waals surface area (Å²) >= 11 is 0. The van der Waals surface area contributed by atoms with Gasteiger partial charge in [0.05, 0.1) is 11.3 Å². The quantitative estimate of drug-likeness (QED) is 0.455. The molecule has 0 aliphatic rings. The van der Waals surface area contributed by atoms with E-state index in [1.54, 1.807) is 18.5 Å². The van der Waals surface area contributed by atoms with Crippen LogP contribution in [0.5, 0.6) is 11.6 Å². The van der Waals surface area contributed by atoms with Gasteiger partial charge in [0.15, 0.2) is 0 Å². The number of anilines is 2. The molecule has 0 spiro atoms. The fourth-order valence-electron chi connectivity index (χ4n) is 3.45. The van der Waals surface area contributed by atoms with Gasteiger partial charge in [-0.15, -0.1) is 0 Å². The number of rotatable bonds is 6. The molecule has 2 aromatic carbocycles. The average molecular weight is 413 g/mol. The maximum absolute atomic E-state index is 12.2. The third-order valence-electron chi connectivity index (χ3n) is 4.85. The smallest absolute Gasteiger partial charge is 0.228 e. The molecule has 0 bridgehead atoms. The average Bonchev–Trinajstić information content (AvgIpc) is 2.77. The number of nitrogens with one attached hydrogen (secondary N) is 1. The zero-order chi connectivity index (χ0) is 21.8. The predicted molar refractivity (Wildman–Crippen MR) is 122 cm³/mol. The minimum Gasteiger partial charge on any atom is -0.437 e. The van der Waals surface area contributed by atoms with E-state index in [4.69, 9.17) is 10.5 Å². The molecular weight excluding hydrogens is 390 g/mol. The van der Waals surface area contributed by atoms with Crippen molar-refractivity contribution in [2.75, 3.05) is 11.1 Å². The van der Waals surface area contributed by atoms with E-state index in [0.717, 1.165) is 28.4 Å². The number of nitrogens with zero attached hydrogens (tertiary/aromatic N) is 3. The number of aryl methyl sites for hydroxylation is 1. The van der Waals surface area contributed by atoms with Gasteiger partial charge in [0.25, 0.3) is 0 Å². The van der Waals surface area contributed by atoms with Crippen molar-refractivity contribution in [3.05, 3.63) is 66.5 Å². The molecule has 0 saturated carbocycles. The van der Waals surface area contributed by atoms with Gasteiger partial charge in [-0.3, -0.25) is 4.79 Å². The standard InChI is InChI=1S/C24H23N5O2/c1-3-7-21(30)28-20-14-15(2)22(17-9-5-4-8-16(17)20)31-23-18(10-6-12-26-23)19-11-13-27-24(25)29-19/h4-6,8-14H,3,7H2,1-2H3,(H,28,30)(H2,25,27,29). The fourth-order valence-corrected chi connectivity index (χ4v) is 3.45. The highest BCUT2D eigenvalue weighted by Crippen LogP contribution is 2.39. The Labute approximate surface area is 180 Å². The van der Waals surface area contributed by atoms with Crippen LogP contribution in [0.15, 0.2) is 60.9 Å². The topological polar surface area (TPSA) is 103 Å². The first kappa shape index (κ1) is 20.3. The van der Waals surface area contributed by atoms with E-state index in [1.165, 1.54) is 0 Å². The summed E-state index contributed by atoms with van der Waals surface area (Å²) in [5, 5.41) is 4.80. The number of carbonyl (C=O) groups is 1. The van der Waals surface area contributed by atoms with Crippen molar-refractivity contribution in [2.24, 2.45) is 0 Å². The van der Waals surface area contributed by atoms with Crippen molar-refractivity contribution in [3.8, 4) is 22.9 Å². The highest BCUT2D eigenvalue weighted by molar-refractivity contribution is 6.05. The summed E-state index contributed by atoms with van der Waals surface area (Å²) in [7, 11) is 0. The van der Waals surface area contributed by atoms with Crippen LogP contribution in [-0.2, 0) is 4.79 Å². The Hall–Kier alpha value is -4.00. The summed E-state index contributed by atoms with van der Waals surface area (Å²) in [6.45, 7) is 3.93. The van der Waals surface area contributed by atoms with E-state index in [0.29, 0.717) is 29.3 Å². The Kier molecular flexibility index (Phi) is 5.75. The minimum absolute atomic E-state index is 0.00548. The molecule has 0 aliphatic carbocycles. The van der Waals surface area contributed by atoms with Crippen molar-refractivity contribution in [1.29, 1.82) is 0 Å². The van der Waals surface area contributed by atoms with Crippen LogP contribution in [0, 0.1) is 6.92 Å². The number of benzene rings is 2. The van der Waals surface area contributed by atoms with E-state index < -0.39 is 0 Å². The second-order valence-electron chi connectivity index (χ2n) is 7.17. The first-order valence-electron chi connectivity index (χ1n) is 10.1. The van der Waals surface area contributed by atoms with Crippen LogP contribution < -0.4 is 15.8 Å². The molecule has 0 saturated heterocycles. The lowest BCUT2D eigenvalue weighted by Crippen LogP contribution is -2.11. The first-order chi connectivity index (χ1) is 15.1. The molecule has 156 valence electrons. The molecular formula is C24H23N5O2. The largest absolute Gasteiger partial charge is 0.437 e. The lowest BCUT2D eigenvalue weighted by molar-refractivity contribution is -0.116. The number of ether oxygens (including phenoxy) is 1. The predicted octanol–water partition coefficient (Wildman–Crippen LogP) is 5.11. The number of hydrogen-bond donors (Lipinski definition) is 2. The number of fused-ring (bicyclic) bond motifs is 1. The second kappa shape index (κ2) is 8.79. The molecule has 0 unspecified atom stereocenters. The summed E-state index contributed by atoms with van der Waals surface area (Å²) < 4.78 is 6.33. The number of nitrogen functional groups attached to an aromatic ring is 1. The van der Waals surface area contributed by atoms with E-state index in [9.17, 15) is 4.79 Å². The van der Waals surface area contributed by atoms with Crippen LogP contribution in [0.1, 0.15) is 25.3 Å². The van der Waals surface area contributed by atoms with Crippen LogP contribution in [0.3, 0.4) is 0 Å². The van der Waals surface area contributed by atoms with E-state index >= 15 is 0 Å². The van der Waals surface area contributed by atoms with Gasteiger partial charge in [0, 0.05) is 35.3 Å². The molecule has 0 aliphatic heterocycles. The summed E-state index contributed by atoms with van der Waals surface area (Å²) in [6, 6.07) is 15.2. The number of pyridine rings is 1. The number of nitrogens with two attached hydrogens (primary N) is 1. The van der Waals surface area contributed by atoms with Crippen LogP contribution in [-0.4, -0.2) is 20.9 Å². The number of hydrogen-bond acceptors (Lipinski definition) is 6. The number of carbonyl (C=O) groups excluding carboxylic acids is 1. The maximum atomic E-state index is 12.2. The second-order valence-corrected chi connectivity index (χ2v) is 7.17. The van der Waals surface area contributed by atoms with Crippen molar-refractivity contribution in [1.82, 2.24) is 15.0 Å². The first-order valence-corrected chi connectivity index (χ1v) is 10.1. The summed E-state index contributed by atoms with van der Waals surface area (Å²) in [6.07, 6.45) is 4.54. The van der Waals surface area contributed by atoms with E-state index in [-0.39, 0.29) is 11.9 Å². The monoisotopic (exact) mass is 413 g/mol. The Balaban J connectivity index is 1.79. The fraction of sp³-hybridized carbons (Fsp3) is 0.167. The molecule has 1 amide bonds.